The Morgan fingerprint density at radius 2 is 1.56 bits per heavy atom. The Bertz CT molecular complexity index is 1100. The van der Waals surface area contributed by atoms with Gasteiger partial charge in [-0.05, 0) is 24.3 Å². The van der Waals surface area contributed by atoms with E-state index >= 15 is 0 Å². The van der Waals surface area contributed by atoms with Crippen LogP contribution in [0, 0.1) is 0 Å². The van der Waals surface area contributed by atoms with Crippen LogP contribution in [0.15, 0.2) is 48.7 Å². The monoisotopic (exact) mass is 457 g/mol. The Kier molecular flexibility index (Phi) is 6.19. The van der Waals surface area contributed by atoms with Crippen LogP contribution in [0.4, 0.5) is 5.82 Å². The number of rotatable bonds is 7. The maximum atomic E-state index is 12.6. The van der Waals surface area contributed by atoms with E-state index < -0.39 is 34.3 Å². The normalized spacial score (nSPS) is 16.9. The summed E-state index contributed by atoms with van der Waals surface area (Å²) in [5.74, 6) is -1.09. The topological polar surface area (TPSA) is 120 Å². The molecule has 0 bridgehead atoms. The highest BCUT2D eigenvalue weighted by Crippen LogP contribution is 2.22. The van der Waals surface area contributed by atoms with Crippen molar-refractivity contribution < 1.29 is 22.8 Å². The SMILES string of the molecule is O=C(CN1C(=O)c2ccccc2C1=O)NCCS(=O)(=O)N1CCN(c2ccccn2)CC1. The maximum Gasteiger partial charge on any atom is 0.262 e. The molecule has 10 nitrogen and oxygen atoms in total. The first-order valence-corrected chi connectivity index (χ1v) is 11.8. The van der Waals surface area contributed by atoms with Crippen LogP contribution >= 0.6 is 0 Å². The fourth-order valence-electron chi connectivity index (χ4n) is 3.77. The lowest BCUT2D eigenvalue weighted by Gasteiger charge is -2.34. The number of fused-ring (bicyclic) bond motifs is 1. The number of amides is 3. The van der Waals surface area contributed by atoms with Gasteiger partial charge in [-0.25, -0.2) is 13.4 Å². The van der Waals surface area contributed by atoms with E-state index in [2.05, 4.69) is 10.3 Å². The maximum absolute atomic E-state index is 12.6. The van der Waals surface area contributed by atoms with Crippen molar-refractivity contribution in [1.82, 2.24) is 19.5 Å². The first-order valence-electron chi connectivity index (χ1n) is 10.2. The van der Waals surface area contributed by atoms with E-state index in [0.29, 0.717) is 26.2 Å². The highest BCUT2D eigenvalue weighted by atomic mass is 32.2. The molecule has 0 radical (unpaired) electrons. The van der Waals surface area contributed by atoms with E-state index in [1.54, 1.807) is 18.3 Å². The number of hydrogen-bond acceptors (Lipinski definition) is 7. The Balaban J connectivity index is 1.24. The number of carbonyl (C=O) groups excluding carboxylic acids is 3. The molecule has 32 heavy (non-hydrogen) atoms. The van der Waals surface area contributed by atoms with Gasteiger partial charge in [-0.2, -0.15) is 4.31 Å². The van der Waals surface area contributed by atoms with Gasteiger partial charge in [-0.1, -0.05) is 18.2 Å². The van der Waals surface area contributed by atoms with E-state index in [9.17, 15) is 22.8 Å². The number of carbonyl (C=O) groups is 3. The second kappa shape index (κ2) is 9.05. The molecule has 3 heterocycles. The van der Waals surface area contributed by atoms with Gasteiger partial charge in [-0.3, -0.25) is 19.3 Å². The lowest BCUT2D eigenvalue weighted by atomic mass is 10.1. The minimum atomic E-state index is -3.55. The molecule has 1 aromatic carbocycles. The molecule has 2 aliphatic heterocycles. The Morgan fingerprint density at radius 3 is 2.16 bits per heavy atom. The van der Waals surface area contributed by atoms with Crippen LogP contribution < -0.4 is 10.2 Å². The van der Waals surface area contributed by atoms with Crippen LogP contribution in [0.1, 0.15) is 20.7 Å². The quantitative estimate of drug-likeness (QED) is 0.579. The molecule has 1 saturated heterocycles. The number of nitrogens with one attached hydrogen (secondary N) is 1. The molecule has 1 N–H and O–H groups in total. The van der Waals surface area contributed by atoms with Crippen LogP contribution in [0.25, 0.3) is 0 Å². The predicted molar refractivity (Wildman–Crippen MR) is 117 cm³/mol. The highest BCUT2D eigenvalue weighted by molar-refractivity contribution is 7.89. The van der Waals surface area contributed by atoms with Gasteiger partial charge in [0.25, 0.3) is 11.8 Å². The zero-order valence-electron chi connectivity index (χ0n) is 17.3. The van der Waals surface area contributed by atoms with Crippen LogP contribution in [-0.2, 0) is 14.8 Å². The molecular weight excluding hydrogens is 434 g/mol. The number of piperazine rings is 1. The minimum Gasteiger partial charge on any atom is -0.354 e. The van der Waals surface area contributed by atoms with Gasteiger partial charge in [0.05, 0.1) is 16.9 Å². The Labute approximate surface area is 185 Å². The van der Waals surface area contributed by atoms with Gasteiger partial charge in [0.1, 0.15) is 12.4 Å². The molecule has 3 amide bonds. The highest BCUT2D eigenvalue weighted by Gasteiger charge is 2.36. The van der Waals surface area contributed by atoms with Gasteiger partial charge in [0.15, 0.2) is 0 Å². The number of aromatic nitrogens is 1. The lowest BCUT2D eigenvalue weighted by molar-refractivity contribution is -0.121. The zero-order valence-corrected chi connectivity index (χ0v) is 18.1. The van der Waals surface area contributed by atoms with Gasteiger partial charge >= 0.3 is 0 Å². The molecular formula is C21H23N5O5S. The summed E-state index contributed by atoms with van der Waals surface area (Å²) >= 11 is 0. The molecule has 1 fully saturated rings. The van der Waals surface area contributed by atoms with Gasteiger partial charge in [0, 0.05) is 38.9 Å². The molecule has 2 aliphatic rings. The van der Waals surface area contributed by atoms with Crippen LogP contribution in [-0.4, -0.2) is 85.3 Å². The van der Waals surface area contributed by atoms with Crippen molar-refractivity contribution in [3.63, 3.8) is 0 Å². The Morgan fingerprint density at radius 1 is 0.938 bits per heavy atom. The number of pyridine rings is 1. The van der Waals surface area contributed by atoms with Crippen LogP contribution in [0.5, 0.6) is 0 Å². The lowest BCUT2D eigenvalue weighted by Crippen LogP contribution is -2.50. The van der Waals surface area contributed by atoms with E-state index in [4.69, 9.17) is 0 Å². The molecule has 1 aromatic heterocycles. The van der Waals surface area contributed by atoms with E-state index in [1.165, 1.54) is 16.4 Å². The van der Waals surface area contributed by atoms with Crippen LogP contribution in [0.3, 0.4) is 0 Å². The standard InChI is InChI=1S/C21H23N5O5S/c27-19(15-26-20(28)16-5-1-2-6-17(16)21(26)29)23-9-14-32(30,31)25-12-10-24(11-13-25)18-7-3-4-8-22-18/h1-8H,9-15H2,(H,23,27). The fraction of sp³-hybridized carbons (Fsp3) is 0.333. The van der Waals surface area contributed by atoms with Gasteiger partial charge in [0.2, 0.25) is 15.9 Å². The number of nitrogens with zero attached hydrogens (tertiary/aromatic N) is 4. The second-order valence-electron chi connectivity index (χ2n) is 7.48. The number of sulfonamides is 1. The summed E-state index contributed by atoms with van der Waals surface area (Å²) < 4.78 is 26.7. The molecule has 0 spiro atoms. The third-order valence-electron chi connectivity index (χ3n) is 5.47. The number of anilines is 1. The second-order valence-corrected chi connectivity index (χ2v) is 9.57. The minimum absolute atomic E-state index is 0.106. The van der Waals surface area contributed by atoms with Crippen molar-refractivity contribution in [3.05, 3.63) is 59.8 Å². The fourth-order valence-corrected chi connectivity index (χ4v) is 5.10. The van der Waals surface area contributed by atoms with Gasteiger partial charge in [-0.15, -0.1) is 0 Å². The number of benzene rings is 1. The molecule has 11 heteroatoms. The summed E-state index contributed by atoms with van der Waals surface area (Å²) in [5.41, 5.74) is 0.524. The molecule has 0 atom stereocenters. The molecule has 0 saturated carbocycles. The summed E-state index contributed by atoms with van der Waals surface area (Å²) in [6.45, 7) is 1.18. The zero-order chi connectivity index (χ0) is 22.7. The summed E-state index contributed by atoms with van der Waals surface area (Å²) in [7, 11) is -3.55. The van der Waals surface area contributed by atoms with Crippen molar-refractivity contribution >= 4 is 33.6 Å². The average molecular weight is 458 g/mol. The third kappa shape index (κ3) is 4.48. The molecule has 0 aliphatic carbocycles. The van der Waals surface area contributed by atoms with Crippen molar-refractivity contribution in [2.24, 2.45) is 0 Å². The van der Waals surface area contributed by atoms with E-state index in [1.807, 2.05) is 23.1 Å². The van der Waals surface area contributed by atoms with Crippen LogP contribution in [0.2, 0.25) is 0 Å². The third-order valence-corrected chi connectivity index (χ3v) is 7.34. The number of imide groups is 1. The van der Waals surface area contributed by atoms with E-state index in [0.717, 1.165) is 10.7 Å². The van der Waals surface area contributed by atoms with Crippen molar-refractivity contribution in [1.29, 1.82) is 0 Å². The van der Waals surface area contributed by atoms with E-state index in [-0.39, 0.29) is 23.4 Å². The van der Waals surface area contributed by atoms with Crippen molar-refractivity contribution in [2.75, 3.05) is 49.9 Å². The summed E-state index contributed by atoms with van der Waals surface area (Å²) in [5, 5.41) is 2.50. The first kappa shape index (κ1) is 21.9. The average Bonchev–Trinajstić information content (AvgIpc) is 3.05. The summed E-state index contributed by atoms with van der Waals surface area (Å²) in [6.07, 6.45) is 1.70. The van der Waals surface area contributed by atoms with Gasteiger partial charge < -0.3 is 10.2 Å². The Hall–Kier alpha value is -3.31. The summed E-state index contributed by atoms with van der Waals surface area (Å²) in [4.78, 5) is 44.0. The molecule has 0 unspecified atom stereocenters. The molecule has 2 aromatic rings. The first-order chi connectivity index (χ1) is 15.4. The summed E-state index contributed by atoms with van der Waals surface area (Å²) in [6, 6.07) is 12.0. The number of hydrogen-bond donors (Lipinski definition) is 1. The molecule has 4 rings (SSSR count). The largest absolute Gasteiger partial charge is 0.354 e. The predicted octanol–water partition coefficient (Wildman–Crippen LogP) is -0.0542. The van der Waals surface area contributed by atoms with Crippen molar-refractivity contribution in [3.8, 4) is 0 Å². The van der Waals surface area contributed by atoms with Crippen molar-refractivity contribution in [2.45, 2.75) is 0 Å². The smallest absolute Gasteiger partial charge is 0.262 e. The molecule has 168 valence electrons.